The van der Waals surface area contributed by atoms with Crippen LogP contribution in [0.1, 0.15) is 46.3 Å². The molecule has 1 amide bonds. The first-order chi connectivity index (χ1) is 21.8. The highest BCUT2D eigenvalue weighted by Gasteiger charge is 2.41. The van der Waals surface area contributed by atoms with Crippen LogP contribution in [-0.4, -0.2) is 94.0 Å². The summed E-state index contributed by atoms with van der Waals surface area (Å²) >= 11 is 0.977. The SMILES string of the molecule is Cc1cccc(C(=O)N2CCOC3(CCN(CCOc4ccc(CNCC(O)c5ccc(O)c6[nH]c(=O)sc56)cc4)CC3)C2)n1. The van der Waals surface area contributed by atoms with E-state index in [1.807, 2.05) is 48.2 Å². The fourth-order valence-corrected chi connectivity index (χ4v) is 7.01. The predicted molar refractivity (Wildman–Crippen MR) is 172 cm³/mol. The number of aryl methyl sites for hydroxylation is 1. The van der Waals surface area contributed by atoms with Crippen LogP contribution < -0.4 is 14.9 Å². The van der Waals surface area contributed by atoms with Gasteiger partial charge in [-0.15, -0.1) is 0 Å². The van der Waals surface area contributed by atoms with Crippen molar-refractivity contribution in [2.75, 3.05) is 52.5 Å². The predicted octanol–water partition coefficient (Wildman–Crippen LogP) is 3.21. The number of carbonyl (C=O) groups excluding carboxylic acids is 1. The number of pyridine rings is 1. The van der Waals surface area contributed by atoms with Gasteiger partial charge in [-0.3, -0.25) is 14.5 Å². The van der Waals surface area contributed by atoms with E-state index in [-0.39, 0.29) is 22.1 Å². The fourth-order valence-electron chi connectivity index (χ4n) is 6.09. The van der Waals surface area contributed by atoms with E-state index < -0.39 is 6.10 Å². The maximum atomic E-state index is 13.1. The molecule has 1 spiro atoms. The summed E-state index contributed by atoms with van der Waals surface area (Å²) in [5.41, 5.74) is 3.05. The lowest BCUT2D eigenvalue weighted by atomic mass is 9.89. The van der Waals surface area contributed by atoms with Gasteiger partial charge in [0.1, 0.15) is 29.3 Å². The van der Waals surface area contributed by atoms with Crippen LogP contribution in [0.25, 0.3) is 10.2 Å². The largest absolute Gasteiger partial charge is 0.506 e. The second-order valence-electron chi connectivity index (χ2n) is 11.8. The molecule has 1 atom stereocenters. The molecule has 2 aliphatic heterocycles. The monoisotopic (exact) mass is 633 g/mol. The van der Waals surface area contributed by atoms with Crippen LogP contribution in [-0.2, 0) is 11.3 Å². The summed E-state index contributed by atoms with van der Waals surface area (Å²) in [7, 11) is 0. The van der Waals surface area contributed by atoms with Crippen LogP contribution in [0, 0.1) is 6.92 Å². The zero-order valence-electron chi connectivity index (χ0n) is 25.3. The van der Waals surface area contributed by atoms with Crippen LogP contribution in [0.4, 0.5) is 0 Å². The van der Waals surface area contributed by atoms with Gasteiger partial charge in [0.15, 0.2) is 0 Å². The summed E-state index contributed by atoms with van der Waals surface area (Å²) in [4.78, 5) is 35.9. The number of phenols is 1. The Morgan fingerprint density at radius 3 is 2.73 bits per heavy atom. The molecular weight excluding hydrogens is 594 g/mol. The molecule has 6 rings (SSSR count). The summed E-state index contributed by atoms with van der Waals surface area (Å²) < 4.78 is 12.8. The van der Waals surface area contributed by atoms with Crippen molar-refractivity contribution >= 4 is 27.5 Å². The third-order valence-electron chi connectivity index (χ3n) is 8.62. The number of hydrogen-bond donors (Lipinski definition) is 4. The molecule has 0 radical (unpaired) electrons. The number of morpholine rings is 1. The highest BCUT2D eigenvalue weighted by Crippen LogP contribution is 2.32. The molecule has 45 heavy (non-hydrogen) atoms. The number of hydrogen-bond acceptors (Lipinski definition) is 10. The molecule has 4 N–H and O–H groups in total. The first kappa shape index (κ1) is 31.2. The molecule has 1 unspecified atom stereocenters. The topological polar surface area (TPSA) is 140 Å². The number of nitrogens with zero attached hydrogens (tertiary/aromatic N) is 3. The number of aliphatic hydroxyl groups excluding tert-OH is 1. The van der Waals surface area contributed by atoms with E-state index in [2.05, 4.69) is 20.2 Å². The minimum Gasteiger partial charge on any atom is -0.506 e. The number of ether oxygens (including phenoxy) is 2. The van der Waals surface area contributed by atoms with Crippen molar-refractivity contribution < 1.29 is 24.5 Å². The second kappa shape index (κ2) is 13.7. The van der Waals surface area contributed by atoms with E-state index >= 15 is 0 Å². The van der Waals surface area contributed by atoms with Gasteiger partial charge < -0.3 is 34.9 Å². The fraction of sp³-hybridized carbons (Fsp3) is 0.424. The maximum absolute atomic E-state index is 13.1. The van der Waals surface area contributed by atoms with E-state index in [0.29, 0.717) is 60.9 Å². The molecule has 4 aromatic rings. The van der Waals surface area contributed by atoms with Crippen molar-refractivity contribution in [3.05, 3.63) is 86.8 Å². The number of carbonyl (C=O) groups is 1. The average molecular weight is 634 g/mol. The molecule has 0 aliphatic carbocycles. The number of H-pyrrole nitrogens is 1. The number of fused-ring (bicyclic) bond motifs is 1. The zero-order valence-corrected chi connectivity index (χ0v) is 26.1. The number of nitrogens with one attached hydrogen (secondary N) is 2. The van der Waals surface area contributed by atoms with Gasteiger partial charge in [-0.2, -0.15) is 0 Å². The number of rotatable bonds is 10. The number of thiazole rings is 1. The molecule has 2 saturated heterocycles. The smallest absolute Gasteiger partial charge is 0.305 e. The minimum atomic E-state index is -0.825. The number of benzene rings is 2. The quantitative estimate of drug-likeness (QED) is 0.207. The molecule has 0 bridgehead atoms. The molecule has 12 heteroatoms. The molecule has 2 aliphatic rings. The standard InChI is InChI=1S/C33H39N5O6S/c1-22-3-2-4-26(35-22)31(41)38-16-18-44-33(21-38)11-13-37(14-12-33)15-17-43-24-7-5-23(6-8-24)19-34-20-28(40)25-9-10-27(39)29-30(25)45-32(42)36-29/h2-10,28,34,39-40H,11-21H2,1H3,(H,36,42). The van der Waals surface area contributed by atoms with Crippen LogP contribution in [0.2, 0.25) is 0 Å². The molecule has 2 fully saturated rings. The molecular formula is C33H39N5O6S. The number of amides is 1. The lowest BCUT2D eigenvalue weighted by molar-refractivity contribution is -0.127. The Kier molecular flexibility index (Phi) is 9.47. The number of likely N-dealkylation sites (tertiary alicyclic amines) is 1. The second-order valence-corrected chi connectivity index (χ2v) is 12.8. The van der Waals surface area contributed by atoms with Crippen molar-refractivity contribution in [3.8, 4) is 11.5 Å². The third-order valence-corrected chi connectivity index (χ3v) is 9.56. The van der Waals surface area contributed by atoms with E-state index in [1.165, 1.54) is 6.07 Å². The van der Waals surface area contributed by atoms with Gasteiger partial charge in [-0.1, -0.05) is 35.6 Å². The van der Waals surface area contributed by atoms with E-state index in [1.54, 1.807) is 12.1 Å². The number of piperidine rings is 1. The van der Waals surface area contributed by atoms with Crippen molar-refractivity contribution in [2.45, 2.75) is 38.0 Å². The molecule has 238 valence electrons. The molecule has 11 nitrogen and oxygen atoms in total. The average Bonchev–Trinajstić information content (AvgIpc) is 3.45. The Morgan fingerprint density at radius 1 is 1.16 bits per heavy atom. The van der Waals surface area contributed by atoms with Crippen molar-refractivity contribution in [1.82, 2.24) is 25.1 Å². The van der Waals surface area contributed by atoms with Crippen LogP contribution >= 0.6 is 11.3 Å². The Balaban J connectivity index is 0.912. The Hall–Kier alpha value is -3.81. The molecule has 0 saturated carbocycles. The lowest BCUT2D eigenvalue weighted by Gasteiger charge is -2.47. The lowest BCUT2D eigenvalue weighted by Crippen LogP contribution is -2.58. The first-order valence-electron chi connectivity index (χ1n) is 15.3. The van der Waals surface area contributed by atoms with Gasteiger partial charge in [0.25, 0.3) is 5.91 Å². The van der Waals surface area contributed by atoms with Gasteiger partial charge in [-0.05, 0) is 55.7 Å². The number of phenolic OH excluding ortho intramolecular Hbond substituents is 1. The summed E-state index contributed by atoms with van der Waals surface area (Å²) in [6, 6.07) is 16.6. The van der Waals surface area contributed by atoms with Crippen LogP contribution in [0.5, 0.6) is 11.5 Å². The van der Waals surface area contributed by atoms with Crippen molar-refractivity contribution in [3.63, 3.8) is 0 Å². The maximum Gasteiger partial charge on any atom is 0.305 e. The normalized spacial score (nSPS) is 17.5. The summed E-state index contributed by atoms with van der Waals surface area (Å²) in [6.45, 7) is 7.66. The first-order valence-corrected chi connectivity index (χ1v) is 16.1. The number of aromatic hydroxyl groups is 1. The van der Waals surface area contributed by atoms with Gasteiger partial charge in [0, 0.05) is 50.5 Å². The minimum absolute atomic E-state index is 0.00828. The van der Waals surface area contributed by atoms with Crippen LogP contribution in [0.3, 0.4) is 0 Å². The highest BCUT2D eigenvalue weighted by atomic mass is 32.1. The Morgan fingerprint density at radius 2 is 1.96 bits per heavy atom. The van der Waals surface area contributed by atoms with Gasteiger partial charge in [-0.25, -0.2) is 4.98 Å². The van der Waals surface area contributed by atoms with E-state index in [0.717, 1.165) is 60.8 Å². The number of aromatic amines is 1. The zero-order chi connectivity index (χ0) is 31.4. The van der Waals surface area contributed by atoms with E-state index in [9.17, 15) is 19.8 Å². The third kappa shape index (κ3) is 7.37. The Bertz CT molecular complexity index is 1680. The molecule has 2 aromatic carbocycles. The van der Waals surface area contributed by atoms with Crippen LogP contribution in [0.15, 0.2) is 59.4 Å². The molecule has 4 heterocycles. The van der Waals surface area contributed by atoms with Gasteiger partial charge in [0.05, 0.1) is 29.6 Å². The highest BCUT2D eigenvalue weighted by molar-refractivity contribution is 7.16. The summed E-state index contributed by atoms with van der Waals surface area (Å²) in [5.74, 6) is 0.769. The van der Waals surface area contributed by atoms with Crippen molar-refractivity contribution in [2.24, 2.45) is 0 Å². The number of aromatic nitrogens is 2. The Labute approximate surface area is 265 Å². The van der Waals surface area contributed by atoms with Crippen molar-refractivity contribution in [1.29, 1.82) is 0 Å². The molecule has 2 aromatic heterocycles. The van der Waals surface area contributed by atoms with Gasteiger partial charge in [0.2, 0.25) is 0 Å². The van der Waals surface area contributed by atoms with Gasteiger partial charge >= 0.3 is 4.87 Å². The summed E-state index contributed by atoms with van der Waals surface area (Å²) in [5, 5.41) is 23.9. The number of aliphatic hydroxyl groups is 1. The summed E-state index contributed by atoms with van der Waals surface area (Å²) in [6.07, 6.45) is 0.920. The van der Waals surface area contributed by atoms with E-state index in [4.69, 9.17) is 9.47 Å².